The van der Waals surface area contributed by atoms with Gasteiger partial charge < -0.3 is 23.6 Å². The SMILES string of the molecule is O=C1NC(COc2cc(Cl)c(-c3nnc(-c4cn5cc(C(F)(F)F)cc(Cl)c5n4)o3)cc2Cl)CO1. The number of ether oxygens (including phenoxy) is 2. The average molecular weight is 549 g/mol. The van der Waals surface area contributed by atoms with Crippen LogP contribution >= 0.6 is 34.8 Å². The van der Waals surface area contributed by atoms with Gasteiger partial charge in [-0.3, -0.25) is 0 Å². The number of alkyl carbamates (subject to hydrolysis) is 1. The highest BCUT2D eigenvalue weighted by Gasteiger charge is 2.32. The molecular weight excluding hydrogens is 538 g/mol. The third kappa shape index (κ3) is 4.68. The fourth-order valence-electron chi connectivity index (χ4n) is 3.26. The summed E-state index contributed by atoms with van der Waals surface area (Å²) in [6.45, 7) is 0.275. The van der Waals surface area contributed by atoms with Crippen LogP contribution in [0.25, 0.3) is 28.7 Å². The van der Waals surface area contributed by atoms with E-state index in [1.807, 2.05) is 0 Å². The first-order valence-electron chi connectivity index (χ1n) is 9.73. The molecule has 0 spiro atoms. The molecule has 1 aromatic carbocycles. The summed E-state index contributed by atoms with van der Waals surface area (Å²) in [5, 5.41) is 10.6. The minimum atomic E-state index is -4.58. The molecule has 1 unspecified atom stereocenters. The van der Waals surface area contributed by atoms with Gasteiger partial charge >= 0.3 is 12.3 Å². The Kier molecular flexibility index (Phi) is 5.90. The van der Waals surface area contributed by atoms with Crippen molar-refractivity contribution >= 4 is 46.5 Å². The van der Waals surface area contributed by atoms with E-state index in [1.165, 1.54) is 18.3 Å². The van der Waals surface area contributed by atoms with Crippen LogP contribution in [-0.4, -0.2) is 44.9 Å². The fraction of sp³-hybridized carbons (Fsp3) is 0.200. The Morgan fingerprint density at radius 1 is 1.09 bits per heavy atom. The first-order chi connectivity index (χ1) is 16.6. The zero-order valence-electron chi connectivity index (χ0n) is 17.1. The summed E-state index contributed by atoms with van der Waals surface area (Å²) in [5.74, 6) is 0.184. The predicted octanol–water partition coefficient (Wildman–Crippen LogP) is 5.52. The molecule has 1 amide bonds. The molecule has 4 aromatic rings. The first-order valence-corrected chi connectivity index (χ1v) is 10.9. The van der Waals surface area contributed by atoms with E-state index in [0.29, 0.717) is 5.56 Å². The zero-order valence-corrected chi connectivity index (χ0v) is 19.3. The van der Waals surface area contributed by atoms with Crippen LogP contribution in [0.2, 0.25) is 15.1 Å². The monoisotopic (exact) mass is 547 g/mol. The number of pyridine rings is 1. The summed E-state index contributed by atoms with van der Waals surface area (Å²) in [5.41, 5.74) is -0.452. The molecule has 1 aliphatic rings. The van der Waals surface area contributed by atoms with Gasteiger partial charge in [0.05, 0.1) is 26.2 Å². The number of nitrogens with one attached hydrogen (secondary N) is 1. The molecule has 0 saturated carbocycles. The summed E-state index contributed by atoms with van der Waals surface area (Å²) in [4.78, 5) is 15.3. The maximum Gasteiger partial charge on any atom is 0.417 e. The second-order valence-corrected chi connectivity index (χ2v) is 8.58. The van der Waals surface area contributed by atoms with E-state index in [4.69, 9.17) is 48.7 Å². The highest BCUT2D eigenvalue weighted by Crippen LogP contribution is 2.38. The van der Waals surface area contributed by atoms with Crippen molar-refractivity contribution in [1.29, 1.82) is 0 Å². The molecule has 4 heterocycles. The Hall–Kier alpha value is -3.22. The number of rotatable bonds is 5. The van der Waals surface area contributed by atoms with Crippen LogP contribution in [0.5, 0.6) is 5.75 Å². The van der Waals surface area contributed by atoms with Gasteiger partial charge in [0.1, 0.15) is 30.7 Å². The minimum absolute atomic E-state index is 0.00552. The molecule has 1 atom stereocenters. The summed E-state index contributed by atoms with van der Waals surface area (Å²) >= 11 is 18.6. The molecule has 0 aliphatic carbocycles. The van der Waals surface area contributed by atoms with Crippen molar-refractivity contribution < 1.29 is 31.9 Å². The molecule has 35 heavy (non-hydrogen) atoms. The number of alkyl halides is 3. The molecule has 182 valence electrons. The van der Waals surface area contributed by atoms with E-state index >= 15 is 0 Å². The summed E-state index contributed by atoms with van der Waals surface area (Å²) in [6.07, 6.45) is -2.97. The number of benzene rings is 1. The molecule has 3 aromatic heterocycles. The number of cyclic esters (lactones) is 1. The first kappa shape index (κ1) is 23.5. The van der Waals surface area contributed by atoms with Crippen molar-refractivity contribution in [3.63, 3.8) is 0 Å². The third-order valence-electron chi connectivity index (χ3n) is 4.91. The van der Waals surface area contributed by atoms with Gasteiger partial charge in [-0.2, -0.15) is 13.2 Å². The van der Waals surface area contributed by atoms with Gasteiger partial charge in [0.2, 0.25) is 5.89 Å². The zero-order chi connectivity index (χ0) is 24.9. The van der Waals surface area contributed by atoms with Crippen molar-refractivity contribution in [1.82, 2.24) is 24.9 Å². The smallest absolute Gasteiger partial charge is 0.417 e. The summed E-state index contributed by atoms with van der Waals surface area (Å²) in [7, 11) is 0. The second-order valence-electron chi connectivity index (χ2n) is 7.36. The number of aromatic nitrogens is 4. The van der Waals surface area contributed by atoms with E-state index in [0.717, 1.165) is 16.7 Å². The van der Waals surface area contributed by atoms with Crippen molar-refractivity contribution in [3.8, 4) is 28.8 Å². The highest BCUT2D eigenvalue weighted by molar-refractivity contribution is 6.36. The average Bonchev–Trinajstić information content (AvgIpc) is 3.52. The van der Waals surface area contributed by atoms with Crippen LogP contribution in [0.15, 0.2) is 35.0 Å². The van der Waals surface area contributed by atoms with Crippen molar-refractivity contribution in [3.05, 3.63) is 51.2 Å². The molecule has 0 bridgehead atoms. The van der Waals surface area contributed by atoms with Gasteiger partial charge in [0.25, 0.3) is 5.89 Å². The van der Waals surface area contributed by atoms with Crippen LogP contribution in [-0.2, 0) is 10.9 Å². The Labute approximate surface area is 208 Å². The van der Waals surface area contributed by atoms with Crippen molar-refractivity contribution in [2.45, 2.75) is 12.2 Å². The minimum Gasteiger partial charge on any atom is -0.490 e. The molecule has 1 saturated heterocycles. The van der Waals surface area contributed by atoms with E-state index in [-0.39, 0.29) is 63.2 Å². The predicted molar refractivity (Wildman–Crippen MR) is 118 cm³/mol. The molecule has 1 fully saturated rings. The lowest BCUT2D eigenvalue weighted by molar-refractivity contribution is -0.137. The van der Waals surface area contributed by atoms with Crippen LogP contribution in [0.3, 0.4) is 0 Å². The van der Waals surface area contributed by atoms with Gasteiger partial charge in [-0.05, 0) is 12.1 Å². The number of carbonyl (C=O) groups is 1. The van der Waals surface area contributed by atoms with E-state index in [2.05, 4.69) is 20.5 Å². The van der Waals surface area contributed by atoms with Gasteiger partial charge in [0.15, 0.2) is 5.65 Å². The van der Waals surface area contributed by atoms with Crippen LogP contribution in [0.4, 0.5) is 18.0 Å². The van der Waals surface area contributed by atoms with Crippen LogP contribution in [0.1, 0.15) is 5.56 Å². The molecule has 9 nitrogen and oxygen atoms in total. The Bertz CT molecular complexity index is 1460. The Morgan fingerprint density at radius 3 is 2.57 bits per heavy atom. The van der Waals surface area contributed by atoms with Gasteiger partial charge in [-0.15, -0.1) is 10.2 Å². The number of imidazole rings is 1. The molecule has 1 aliphatic heterocycles. The topological polar surface area (TPSA) is 104 Å². The van der Waals surface area contributed by atoms with Gasteiger partial charge in [-0.1, -0.05) is 34.8 Å². The third-order valence-corrected chi connectivity index (χ3v) is 5.79. The lowest BCUT2D eigenvalue weighted by Crippen LogP contribution is -2.32. The maximum atomic E-state index is 13.1. The van der Waals surface area contributed by atoms with E-state index in [9.17, 15) is 18.0 Å². The molecule has 0 radical (unpaired) electrons. The number of hydrogen-bond donors (Lipinski definition) is 1. The van der Waals surface area contributed by atoms with Crippen LogP contribution in [0, 0.1) is 0 Å². The Balaban J connectivity index is 1.40. The highest BCUT2D eigenvalue weighted by atomic mass is 35.5. The van der Waals surface area contributed by atoms with Gasteiger partial charge in [0, 0.05) is 18.5 Å². The standard InChI is InChI=1S/C20H11Cl3F3N5O4/c21-11-3-15(33-6-9-7-34-19(32)27-9)12(22)2-10(11)17-29-30-18(35-17)14-5-31-4-8(20(24,25)26)1-13(23)16(31)28-14/h1-5,9H,6-7H2,(H,27,32). The fourth-order valence-corrected chi connectivity index (χ4v) is 3.97. The van der Waals surface area contributed by atoms with Crippen molar-refractivity contribution in [2.75, 3.05) is 13.2 Å². The number of carbonyl (C=O) groups excluding carboxylic acids is 1. The number of amides is 1. The lowest BCUT2D eigenvalue weighted by atomic mass is 10.2. The largest absolute Gasteiger partial charge is 0.490 e. The summed E-state index contributed by atoms with van der Waals surface area (Å²) in [6, 6.07) is 3.36. The normalized spacial score (nSPS) is 15.9. The van der Waals surface area contributed by atoms with Gasteiger partial charge in [-0.25, -0.2) is 9.78 Å². The lowest BCUT2D eigenvalue weighted by Gasteiger charge is -2.12. The van der Waals surface area contributed by atoms with E-state index in [1.54, 1.807) is 0 Å². The second kappa shape index (κ2) is 8.77. The van der Waals surface area contributed by atoms with E-state index < -0.39 is 17.8 Å². The number of fused-ring (bicyclic) bond motifs is 1. The number of hydrogen-bond acceptors (Lipinski definition) is 7. The molecule has 15 heteroatoms. The molecular formula is C20H11Cl3F3N5O4. The summed E-state index contributed by atoms with van der Waals surface area (Å²) < 4.78 is 56.4. The number of halogens is 6. The molecule has 5 rings (SSSR count). The van der Waals surface area contributed by atoms with Crippen molar-refractivity contribution in [2.24, 2.45) is 0 Å². The number of nitrogens with zero attached hydrogens (tertiary/aromatic N) is 4. The van der Waals surface area contributed by atoms with Crippen LogP contribution < -0.4 is 10.1 Å². The molecule has 1 N–H and O–H groups in total. The quantitative estimate of drug-likeness (QED) is 0.350. The maximum absolute atomic E-state index is 13.1. The Morgan fingerprint density at radius 2 is 1.86 bits per heavy atom.